The SMILES string of the molecule is CCC1=Nc2cccc3nc4c(c(c23)N1CC(C)C)Cn1c-4cc2c(c1=O)COC(=O)[C@]2(O)CC. The summed E-state index contributed by atoms with van der Waals surface area (Å²) in [6.45, 7) is 9.21. The maximum absolute atomic E-state index is 13.6. The van der Waals surface area contributed by atoms with Crippen LogP contribution in [0.3, 0.4) is 0 Å². The molecule has 0 aliphatic carbocycles. The van der Waals surface area contributed by atoms with E-state index in [0.29, 0.717) is 35.0 Å². The molecule has 2 aromatic heterocycles. The van der Waals surface area contributed by atoms with Gasteiger partial charge in [0.15, 0.2) is 5.60 Å². The average Bonchev–Trinajstić information content (AvgIpc) is 3.21. The van der Waals surface area contributed by atoms with E-state index in [0.717, 1.165) is 46.6 Å². The Balaban J connectivity index is 1.66. The minimum atomic E-state index is -1.84. The van der Waals surface area contributed by atoms with E-state index in [1.54, 1.807) is 17.6 Å². The summed E-state index contributed by atoms with van der Waals surface area (Å²) in [7, 11) is 0. The molecule has 6 rings (SSSR count). The molecule has 8 nitrogen and oxygen atoms in total. The number of amidine groups is 1. The molecule has 8 heteroatoms. The number of hydrogen-bond acceptors (Lipinski definition) is 7. The summed E-state index contributed by atoms with van der Waals surface area (Å²) in [6.07, 6.45) is 0.899. The van der Waals surface area contributed by atoms with Gasteiger partial charge in [-0.2, -0.15) is 0 Å². The second kappa shape index (κ2) is 7.49. The van der Waals surface area contributed by atoms with Gasteiger partial charge >= 0.3 is 5.97 Å². The van der Waals surface area contributed by atoms with Crippen molar-refractivity contribution >= 4 is 34.1 Å². The molecule has 0 amide bonds. The number of aliphatic hydroxyl groups is 1. The number of benzene rings is 1. The highest BCUT2D eigenvalue weighted by Gasteiger charge is 2.45. The molecule has 0 spiro atoms. The van der Waals surface area contributed by atoms with Crippen molar-refractivity contribution in [3.63, 3.8) is 0 Å². The molecule has 1 aromatic carbocycles. The van der Waals surface area contributed by atoms with Crippen LogP contribution in [0.1, 0.15) is 57.2 Å². The van der Waals surface area contributed by atoms with Crippen molar-refractivity contribution in [2.45, 2.75) is 59.3 Å². The first-order valence-corrected chi connectivity index (χ1v) is 12.3. The van der Waals surface area contributed by atoms with Crippen molar-refractivity contribution < 1.29 is 14.6 Å². The number of carbonyl (C=O) groups excluding carboxylic acids is 1. The molecule has 0 unspecified atom stereocenters. The second-order valence-corrected chi connectivity index (χ2v) is 9.95. The summed E-state index contributed by atoms with van der Waals surface area (Å²) < 4.78 is 6.91. The lowest BCUT2D eigenvalue weighted by atomic mass is 9.86. The number of carbonyl (C=O) groups is 1. The summed E-state index contributed by atoms with van der Waals surface area (Å²) in [5, 5.41) is 12.2. The quantitative estimate of drug-likeness (QED) is 0.451. The summed E-state index contributed by atoms with van der Waals surface area (Å²) in [5.74, 6) is 0.680. The van der Waals surface area contributed by atoms with Crippen LogP contribution in [0.5, 0.6) is 0 Å². The number of aliphatic imine (C=N–C) groups is 1. The molecule has 1 atom stereocenters. The Labute approximate surface area is 202 Å². The summed E-state index contributed by atoms with van der Waals surface area (Å²) in [6, 6.07) is 7.71. The summed E-state index contributed by atoms with van der Waals surface area (Å²) in [4.78, 5) is 38.4. The first-order chi connectivity index (χ1) is 16.8. The van der Waals surface area contributed by atoms with Crippen molar-refractivity contribution in [3.8, 4) is 11.4 Å². The molecule has 3 aromatic rings. The second-order valence-electron chi connectivity index (χ2n) is 9.95. The van der Waals surface area contributed by atoms with Crippen LogP contribution in [-0.4, -0.2) is 33.0 Å². The van der Waals surface area contributed by atoms with Crippen molar-refractivity contribution in [2.75, 3.05) is 11.4 Å². The van der Waals surface area contributed by atoms with Gasteiger partial charge in [0, 0.05) is 24.1 Å². The number of anilines is 1. The van der Waals surface area contributed by atoms with Gasteiger partial charge in [-0.1, -0.05) is 33.8 Å². The Bertz CT molecular complexity index is 1520. The number of hydrogen-bond donors (Lipinski definition) is 1. The predicted molar refractivity (Wildman–Crippen MR) is 134 cm³/mol. The largest absolute Gasteiger partial charge is 0.458 e. The van der Waals surface area contributed by atoms with E-state index < -0.39 is 11.6 Å². The molecule has 3 aliphatic rings. The van der Waals surface area contributed by atoms with Gasteiger partial charge in [0.2, 0.25) is 0 Å². The number of pyridine rings is 2. The van der Waals surface area contributed by atoms with Crippen molar-refractivity contribution in [1.29, 1.82) is 0 Å². The van der Waals surface area contributed by atoms with E-state index in [9.17, 15) is 14.7 Å². The van der Waals surface area contributed by atoms with Crippen molar-refractivity contribution in [3.05, 3.63) is 51.3 Å². The Morgan fingerprint density at radius 2 is 2.00 bits per heavy atom. The highest BCUT2D eigenvalue weighted by molar-refractivity contribution is 6.16. The van der Waals surface area contributed by atoms with Crippen LogP contribution in [0.15, 0.2) is 34.1 Å². The zero-order valence-electron chi connectivity index (χ0n) is 20.4. The summed E-state index contributed by atoms with van der Waals surface area (Å²) in [5.41, 5.74) is 3.65. The first-order valence-electron chi connectivity index (χ1n) is 12.3. The molecule has 180 valence electrons. The zero-order valence-corrected chi connectivity index (χ0v) is 20.4. The highest BCUT2D eigenvalue weighted by atomic mass is 16.6. The van der Waals surface area contributed by atoms with Crippen LogP contribution in [0.2, 0.25) is 0 Å². The molecule has 3 aliphatic heterocycles. The van der Waals surface area contributed by atoms with Gasteiger partial charge in [-0.3, -0.25) is 4.79 Å². The molecular weight excluding hydrogens is 444 g/mol. The van der Waals surface area contributed by atoms with Crippen LogP contribution in [0.4, 0.5) is 11.4 Å². The number of ether oxygens (including phenoxy) is 1. The third kappa shape index (κ3) is 2.89. The fraction of sp³-hybridized carbons (Fsp3) is 0.407. The number of cyclic esters (lactones) is 1. The normalized spacial score (nSPS) is 20.0. The Hall–Kier alpha value is -3.52. The van der Waals surface area contributed by atoms with E-state index in [1.165, 1.54) is 0 Å². The Kier molecular flexibility index (Phi) is 4.70. The average molecular weight is 473 g/mol. The van der Waals surface area contributed by atoms with Crippen LogP contribution >= 0.6 is 0 Å². The van der Waals surface area contributed by atoms with E-state index >= 15 is 0 Å². The lowest BCUT2D eigenvalue weighted by Crippen LogP contribution is -2.44. The standard InChI is InChI=1S/C27H28N4O4/c1-5-21-28-18-8-7-9-19-22(18)24(31(21)11-14(3)4)15-12-30-20(23(15)29-19)10-17-16(25(30)32)13-35-26(33)27(17,34)6-2/h7-10,14,34H,5-6,11-13H2,1-4H3/t27-/m0/s1. The van der Waals surface area contributed by atoms with Gasteiger partial charge in [-0.15, -0.1) is 0 Å². The maximum atomic E-state index is 13.6. The fourth-order valence-corrected chi connectivity index (χ4v) is 5.64. The minimum Gasteiger partial charge on any atom is -0.458 e. The maximum Gasteiger partial charge on any atom is 0.343 e. The summed E-state index contributed by atoms with van der Waals surface area (Å²) >= 11 is 0. The molecule has 0 saturated heterocycles. The number of fused-ring (bicyclic) bond motifs is 5. The lowest BCUT2D eigenvalue weighted by Gasteiger charge is -2.33. The molecule has 5 heterocycles. The molecule has 0 radical (unpaired) electrons. The molecule has 1 N–H and O–H groups in total. The Morgan fingerprint density at radius 3 is 2.71 bits per heavy atom. The van der Waals surface area contributed by atoms with Gasteiger partial charge in [-0.25, -0.2) is 14.8 Å². The molecule has 0 saturated carbocycles. The smallest absolute Gasteiger partial charge is 0.343 e. The lowest BCUT2D eigenvalue weighted by molar-refractivity contribution is -0.172. The molecule has 0 fully saturated rings. The van der Waals surface area contributed by atoms with Crippen LogP contribution in [0, 0.1) is 5.92 Å². The van der Waals surface area contributed by atoms with E-state index in [1.807, 2.05) is 18.2 Å². The predicted octanol–water partition coefficient (Wildman–Crippen LogP) is 4.00. The van der Waals surface area contributed by atoms with Gasteiger partial charge in [0.25, 0.3) is 5.56 Å². The zero-order chi connectivity index (χ0) is 24.6. The number of rotatable bonds is 4. The third-order valence-corrected chi connectivity index (χ3v) is 7.36. The Morgan fingerprint density at radius 1 is 1.20 bits per heavy atom. The van der Waals surface area contributed by atoms with Gasteiger partial charge in [0.05, 0.1) is 45.8 Å². The molecule has 0 bridgehead atoms. The fourth-order valence-electron chi connectivity index (χ4n) is 5.64. The molecular formula is C27H28N4O4. The van der Waals surface area contributed by atoms with Crippen LogP contribution < -0.4 is 10.5 Å². The monoisotopic (exact) mass is 472 g/mol. The van der Waals surface area contributed by atoms with Gasteiger partial charge < -0.3 is 19.3 Å². The van der Waals surface area contributed by atoms with Crippen molar-refractivity contribution in [1.82, 2.24) is 9.55 Å². The van der Waals surface area contributed by atoms with Crippen LogP contribution in [0.25, 0.3) is 22.3 Å². The highest BCUT2D eigenvalue weighted by Crippen LogP contribution is 2.47. The van der Waals surface area contributed by atoms with E-state index in [-0.39, 0.29) is 18.6 Å². The first kappa shape index (κ1) is 22.0. The van der Waals surface area contributed by atoms with Crippen LogP contribution in [-0.2, 0) is 28.3 Å². The van der Waals surface area contributed by atoms with Crippen molar-refractivity contribution in [2.24, 2.45) is 10.9 Å². The minimum absolute atomic E-state index is 0.118. The topological polar surface area (TPSA) is 97.0 Å². The third-order valence-electron chi connectivity index (χ3n) is 7.36. The van der Waals surface area contributed by atoms with E-state index in [4.69, 9.17) is 14.7 Å². The van der Waals surface area contributed by atoms with Gasteiger partial charge in [0.1, 0.15) is 12.4 Å². The molecule has 35 heavy (non-hydrogen) atoms. The van der Waals surface area contributed by atoms with Gasteiger partial charge in [-0.05, 0) is 30.5 Å². The number of nitrogens with zero attached hydrogens (tertiary/aromatic N) is 4. The van der Waals surface area contributed by atoms with E-state index in [2.05, 4.69) is 25.7 Å². The number of aromatic nitrogens is 2. The number of esters is 1.